The summed E-state index contributed by atoms with van der Waals surface area (Å²) in [4.78, 5) is 17.4. The molecule has 0 spiro atoms. The molecule has 2 heterocycles. The fraction of sp³-hybridized carbons (Fsp3) is 0.269. The van der Waals surface area contributed by atoms with Crippen LogP contribution in [0.5, 0.6) is 5.75 Å². The number of carbonyl (C=O) groups excluding carboxylic acids is 1. The number of ether oxygens (including phenoxy) is 2. The van der Waals surface area contributed by atoms with Crippen molar-refractivity contribution in [3.05, 3.63) is 66.7 Å². The molecule has 0 saturated carbocycles. The first-order chi connectivity index (χ1) is 17.5. The van der Waals surface area contributed by atoms with Crippen molar-refractivity contribution in [3.63, 3.8) is 0 Å². The Balaban J connectivity index is 1.33. The van der Waals surface area contributed by atoms with Gasteiger partial charge in [0.2, 0.25) is 15.9 Å². The minimum absolute atomic E-state index is 0.0283. The lowest BCUT2D eigenvalue weighted by Gasteiger charge is -2.32. The molecule has 1 N–H and O–H groups in total. The van der Waals surface area contributed by atoms with E-state index in [2.05, 4.69) is 34.5 Å². The second kappa shape index (κ2) is 10.5. The molecule has 5 rings (SSSR count). The van der Waals surface area contributed by atoms with Crippen LogP contribution in [-0.4, -0.2) is 58.6 Å². The molecule has 2 aliphatic heterocycles. The minimum Gasteiger partial charge on any atom is -0.495 e. The van der Waals surface area contributed by atoms with Gasteiger partial charge in [-0.2, -0.15) is 4.31 Å². The third-order valence-electron chi connectivity index (χ3n) is 6.13. The summed E-state index contributed by atoms with van der Waals surface area (Å²) in [5.41, 5.74) is 2.54. The van der Waals surface area contributed by atoms with Crippen molar-refractivity contribution in [2.24, 2.45) is 0 Å². The highest BCUT2D eigenvalue weighted by Gasteiger charge is 2.30. The number of benzene rings is 3. The lowest BCUT2D eigenvalue weighted by Crippen LogP contribution is -2.40. The molecule has 1 fully saturated rings. The van der Waals surface area contributed by atoms with Crippen LogP contribution >= 0.6 is 11.8 Å². The topological polar surface area (TPSA) is 88.2 Å². The van der Waals surface area contributed by atoms with Crippen LogP contribution in [0.3, 0.4) is 0 Å². The molecule has 10 heteroatoms. The Morgan fingerprint density at radius 2 is 1.64 bits per heavy atom. The first kappa shape index (κ1) is 24.6. The normalized spacial score (nSPS) is 15.6. The Labute approximate surface area is 215 Å². The van der Waals surface area contributed by atoms with Crippen molar-refractivity contribution >= 4 is 44.8 Å². The zero-order valence-electron chi connectivity index (χ0n) is 19.8. The second-order valence-corrected chi connectivity index (χ2v) is 11.4. The summed E-state index contributed by atoms with van der Waals surface area (Å²) in [5, 5.41) is 2.86. The van der Waals surface area contributed by atoms with Crippen LogP contribution in [0.25, 0.3) is 0 Å². The molecule has 1 saturated heterocycles. The van der Waals surface area contributed by atoms with Gasteiger partial charge in [-0.3, -0.25) is 4.79 Å². The van der Waals surface area contributed by atoms with Crippen LogP contribution in [0.15, 0.2) is 81.4 Å². The molecule has 188 valence electrons. The maximum atomic E-state index is 13.2. The predicted molar refractivity (Wildman–Crippen MR) is 140 cm³/mol. The van der Waals surface area contributed by atoms with Gasteiger partial charge < -0.3 is 19.7 Å². The molecule has 8 nitrogen and oxygen atoms in total. The molecule has 0 aromatic heterocycles. The second-order valence-electron chi connectivity index (χ2n) is 8.37. The highest BCUT2D eigenvalue weighted by atomic mass is 32.2. The Morgan fingerprint density at radius 1 is 1.00 bits per heavy atom. The SMILES string of the molecule is COc1ccc(NC(=O)CCN2c3ccccc3Sc3ccccc32)cc1S(=O)(=O)N1CCOCC1. The summed E-state index contributed by atoms with van der Waals surface area (Å²) in [7, 11) is -2.36. The molecule has 0 aliphatic carbocycles. The fourth-order valence-electron chi connectivity index (χ4n) is 4.34. The summed E-state index contributed by atoms with van der Waals surface area (Å²) in [6.45, 7) is 1.73. The zero-order valence-corrected chi connectivity index (χ0v) is 21.5. The molecule has 36 heavy (non-hydrogen) atoms. The number of hydrogen-bond acceptors (Lipinski definition) is 7. The van der Waals surface area contributed by atoms with E-state index in [9.17, 15) is 13.2 Å². The fourth-order valence-corrected chi connectivity index (χ4v) is 7.03. The van der Waals surface area contributed by atoms with Gasteiger partial charge in [0.25, 0.3) is 0 Å². The first-order valence-corrected chi connectivity index (χ1v) is 13.9. The average molecular weight is 526 g/mol. The molecule has 1 amide bonds. The zero-order chi connectivity index (χ0) is 25.1. The summed E-state index contributed by atoms with van der Waals surface area (Å²) >= 11 is 1.72. The smallest absolute Gasteiger partial charge is 0.246 e. The average Bonchev–Trinajstić information content (AvgIpc) is 2.91. The lowest BCUT2D eigenvalue weighted by atomic mass is 10.2. The standard InChI is InChI=1S/C26H27N3O5S2/c1-33-22-11-10-19(18-25(22)36(31,32)28-14-16-34-17-15-28)27-26(30)12-13-29-20-6-2-4-8-23(20)35-24-9-5-3-7-21(24)29/h2-11,18H,12-17H2,1H3,(H,27,30). The van der Waals surface area contributed by atoms with Crippen molar-refractivity contribution in [2.45, 2.75) is 21.1 Å². The van der Waals surface area contributed by atoms with Crippen molar-refractivity contribution in [1.29, 1.82) is 0 Å². The number of hydrogen-bond donors (Lipinski definition) is 1. The molecule has 0 radical (unpaired) electrons. The summed E-state index contributed by atoms with van der Waals surface area (Å²) in [6.07, 6.45) is 0.227. The number of fused-ring (bicyclic) bond motifs is 2. The van der Waals surface area contributed by atoms with Gasteiger partial charge >= 0.3 is 0 Å². The molecule has 3 aromatic rings. The number of nitrogens with zero attached hydrogens (tertiary/aromatic N) is 2. The first-order valence-electron chi connectivity index (χ1n) is 11.7. The van der Waals surface area contributed by atoms with Crippen LogP contribution in [0.1, 0.15) is 6.42 Å². The Bertz CT molecular complexity index is 1330. The quantitative estimate of drug-likeness (QED) is 0.491. The lowest BCUT2D eigenvalue weighted by molar-refractivity contribution is -0.116. The van der Waals surface area contributed by atoms with E-state index in [4.69, 9.17) is 9.47 Å². The highest BCUT2D eigenvalue weighted by molar-refractivity contribution is 7.99. The van der Waals surface area contributed by atoms with E-state index in [1.807, 2.05) is 24.3 Å². The van der Waals surface area contributed by atoms with E-state index in [0.29, 0.717) is 25.4 Å². The van der Waals surface area contributed by atoms with E-state index in [0.717, 1.165) is 21.2 Å². The summed E-state index contributed by atoms with van der Waals surface area (Å²) < 4.78 is 38.5. The number of methoxy groups -OCH3 is 1. The molecule has 0 bridgehead atoms. The van der Waals surface area contributed by atoms with Gasteiger partial charge in [0.15, 0.2) is 0 Å². The van der Waals surface area contributed by atoms with E-state index in [-0.39, 0.29) is 36.1 Å². The third kappa shape index (κ3) is 4.94. The molecule has 0 atom stereocenters. The molecular formula is C26H27N3O5S2. The molecule has 2 aliphatic rings. The third-order valence-corrected chi connectivity index (χ3v) is 9.18. The van der Waals surface area contributed by atoms with Gasteiger partial charge in [0.05, 0.1) is 31.7 Å². The van der Waals surface area contributed by atoms with E-state index >= 15 is 0 Å². The predicted octanol–water partition coefficient (Wildman–Crippen LogP) is 4.35. The monoisotopic (exact) mass is 525 g/mol. The number of morpholine rings is 1. The number of rotatable bonds is 7. The van der Waals surface area contributed by atoms with Crippen LogP contribution < -0.4 is 15.0 Å². The van der Waals surface area contributed by atoms with Gasteiger partial charge in [0.1, 0.15) is 10.6 Å². The molecule has 0 unspecified atom stereocenters. The molecule has 3 aromatic carbocycles. The Kier molecular flexibility index (Phi) is 7.20. The van der Waals surface area contributed by atoms with Crippen molar-refractivity contribution in [2.75, 3.05) is 50.2 Å². The number of para-hydroxylation sites is 2. The number of amides is 1. The van der Waals surface area contributed by atoms with Crippen molar-refractivity contribution < 1.29 is 22.7 Å². The number of sulfonamides is 1. The van der Waals surface area contributed by atoms with Crippen molar-refractivity contribution in [1.82, 2.24) is 4.31 Å². The summed E-state index contributed by atoms with van der Waals surface area (Å²) in [5.74, 6) is 0.0293. The minimum atomic E-state index is -3.79. The highest BCUT2D eigenvalue weighted by Crippen LogP contribution is 2.47. The molecular weight excluding hydrogens is 498 g/mol. The number of nitrogens with one attached hydrogen (secondary N) is 1. The number of carbonyl (C=O) groups is 1. The van der Waals surface area contributed by atoms with Crippen LogP contribution in [0.4, 0.5) is 17.1 Å². The van der Waals surface area contributed by atoms with E-state index in [1.165, 1.54) is 17.5 Å². The summed E-state index contributed by atoms with van der Waals surface area (Å²) in [6, 6.07) is 21.0. The maximum absolute atomic E-state index is 13.2. The Morgan fingerprint density at radius 3 is 2.28 bits per heavy atom. The maximum Gasteiger partial charge on any atom is 0.246 e. The van der Waals surface area contributed by atoms with Crippen LogP contribution in [-0.2, 0) is 19.6 Å². The van der Waals surface area contributed by atoms with E-state index < -0.39 is 10.0 Å². The van der Waals surface area contributed by atoms with Crippen LogP contribution in [0, 0.1) is 0 Å². The largest absolute Gasteiger partial charge is 0.495 e. The van der Waals surface area contributed by atoms with Crippen molar-refractivity contribution in [3.8, 4) is 5.75 Å². The van der Waals surface area contributed by atoms with E-state index in [1.54, 1.807) is 23.9 Å². The number of anilines is 3. The van der Waals surface area contributed by atoms with Gasteiger partial charge in [0, 0.05) is 41.5 Å². The Hall–Kier alpha value is -3.05. The van der Waals surface area contributed by atoms with Crippen LogP contribution in [0.2, 0.25) is 0 Å². The van der Waals surface area contributed by atoms with Gasteiger partial charge in [-0.15, -0.1) is 0 Å². The van der Waals surface area contributed by atoms with Gasteiger partial charge in [-0.05, 0) is 42.5 Å². The van der Waals surface area contributed by atoms with Gasteiger partial charge in [-0.1, -0.05) is 36.0 Å². The van der Waals surface area contributed by atoms with Gasteiger partial charge in [-0.25, -0.2) is 8.42 Å².